The monoisotopic (exact) mass is 412 g/mol. The molecule has 4 nitrogen and oxygen atoms in total. The summed E-state index contributed by atoms with van der Waals surface area (Å²) in [5, 5.41) is 0. The third-order valence-corrected chi connectivity index (χ3v) is 8.87. The fraction of sp³-hybridized carbons (Fsp3) is 0.731. The van der Waals surface area contributed by atoms with E-state index in [9.17, 15) is 14.4 Å². The van der Waals surface area contributed by atoms with Crippen LogP contribution in [0.2, 0.25) is 0 Å². The second-order valence-corrected chi connectivity index (χ2v) is 11.7. The summed E-state index contributed by atoms with van der Waals surface area (Å²) in [6, 6.07) is 0. The first-order valence-electron chi connectivity index (χ1n) is 11.5. The van der Waals surface area contributed by atoms with Gasteiger partial charge in [-0.2, -0.15) is 0 Å². The van der Waals surface area contributed by atoms with Crippen molar-refractivity contribution in [2.24, 2.45) is 39.9 Å². The number of carbonyl (C=O) groups is 3. The van der Waals surface area contributed by atoms with Crippen LogP contribution in [0, 0.1) is 39.9 Å². The van der Waals surface area contributed by atoms with E-state index in [2.05, 4.69) is 19.9 Å². The maximum Gasteiger partial charge on any atom is 0.311 e. The van der Waals surface area contributed by atoms with Gasteiger partial charge in [0.2, 0.25) is 0 Å². The van der Waals surface area contributed by atoms with Crippen molar-refractivity contribution in [1.82, 2.24) is 0 Å². The summed E-state index contributed by atoms with van der Waals surface area (Å²) in [7, 11) is 0. The molecule has 0 saturated heterocycles. The van der Waals surface area contributed by atoms with E-state index < -0.39 is 5.41 Å². The normalized spacial score (nSPS) is 42.7. The molecule has 4 rings (SSSR count). The second-order valence-electron chi connectivity index (χ2n) is 11.7. The SMILES string of the molecule is CC(=O)[C@H]1[C@@H](OC(=O)C(C)(C)C)C[C@H]2[C@@H]3CCC4=CC(=O)C=C[C@]4(C)[C@H]3CC[C@@]21C. The van der Waals surface area contributed by atoms with Gasteiger partial charge in [0, 0.05) is 5.41 Å². The van der Waals surface area contributed by atoms with Gasteiger partial charge in [0.05, 0.1) is 11.3 Å². The molecule has 30 heavy (non-hydrogen) atoms. The predicted molar refractivity (Wildman–Crippen MR) is 116 cm³/mol. The molecule has 0 N–H and O–H groups in total. The molecular formula is C26H36O4. The van der Waals surface area contributed by atoms with E-state index in [-0.39, 0.29) is 40.4 Å². The Morgan fingerprint density at radius 3 is 2.47 bits per heavy atom. The molecule has 0 heterocycles. The molecular weight excluding hydrogens is 376 g/mol. The average Bonchev–Trinajstić information content (AvgIpc) is 2.93. The number of ether oxygens (including phenoxy) is 1. The Balaban J connectivity index is 1.66. The molecule has 4 aliphatic carbocycles. The van der Waals surface area contributed by atoms with Crippen LogP contribution in [0.5, 0.6) is 0 Å². The zero-order chi connectivity index (χ0) is 22.1. The Hall–Kier alpha value is -1.71. The molecule has 4 aliphatic rings. The minimum atomic E-state index is -0.573. The molecule has 0 unspecified atom stereocenters. The fourth-order valence-corrected chi connectivity index (χ4v) is 7.34. The summed E-state index contributed by atoms with van der Waals surface area (Å²) < 4.78 is 6.00. The molecule has 3 saturated carbocycles. The molecule has 0 amide bonds. The first-order chi connectivity index (χ1) is 13.9. The lowest BCUT2D eigenvalue weighted by Crippen LogP contribution is -2.50. The van der Waals surface area contributed by atoms with Crippen LogP contribution in [0.15, 0.2) is 23.8 Å². The zero-order valence-corrected chi connectivity index (χ0v) is 19.3. The Morgan fingerprint density at radius 2 is 1.83 bits per heavy atom. The van der Waals surface area contributed by atoms with Crippen molar-refractivity contribution in [3.63, 3.8) is 0 Å². The van der Waals surface area contributed by atoms with E-state index >= 15 is 0 Å². The molecule has 0 aliphatic heterocycles. The minimum absolute atomic E-state index is 0.0654. The van der Waals surface area contributed by atoms with E-state index in [0.717, 1.165) is 32.1 Å². The minimum Gasteiger partial charge on any atom is -0.461 e. The summed E-state index contributed by atoms with van der Waals surface area (Å²) in [4.78, 5) is 37.4. The molecule has 0 aromatic carbocycles. The highest BCUT2D eigenvalue weighted by Gasteiger charge is 2.63. The van der Waals surface area contributed by atoms with E-state index in [0.29, 0.717) is 17.8 Å². The molecule has 7 atom stereocenters. The molecule has 0 bridgehead atoms. The molecule has 0 radical (unpaired) electrons. The average molecular weight is 413 g/mol. The van der Waals surface area contributed by atoms with Gasteiger partial charge in [-0.05, 0) is 95.1 Å². The van der Waals surface area contributed by atoms with Gasteiger partial charge in [0.25, 0.3) is 0 Å². The van der Waals surface area contributed by atoms with Crippen LogP contribution in [-0.2, 0) is 19.1 Å². The summed E-state index contributed by atoms with van der Waals surface area (Å²) >= 11 is 0. The van der Waals surface area contributed by atoms with Crippen LogP contribution < -0.4 is 0 Å². The van der Waals surface area contributed by atoms with E-state index in [1.807, 2.05) is 26.8 Å². The number of esters is 1. The maximum atomic E-state index is 12.8. The number of hydrogen-bond donors (Lipinski definition) is 0. The Morgan fingerprint density at radius 1 is 1.13 bits per heavy atom. The zero-order valence-electron chi connectivity index (χ0n) is 19.3. The lowest BCUT2D eigenvalue weighted by molar-refractivity contribution is -0.162. The third-order valence-electron chi connectivity index (χ3n) is 8.87. The maximum absolute atomic E-state index is 12.8. The highest BCUT2D eigenvalue weighted by molar-refractivity contribution is 6.01. The Bertz CT molecular complexity index is 844. The molecule has 4 heteroatoms. The molecule has 3 fully saturated rings. The molecule has 0 aromatic rings. The van der Waals surface area contributed by atoms with Gasteiger partial charge in [-0.3, -0.25) is 14.4 Å². The topological polar surface area (TPSA) is 60.4 Å². The Kier molecular flexibility index (Phi) is 4.95. The fourth-order valence-electron chi connectivity index (χ4n) is 7.34. The van der Waals surface area contributed by atoms with E-state index in [1.54, 1.807) is 13.0 Å². The van der Waals surface area contributed by atoms with Gasteiger partial charge >= 0.3 is 5.97 Å². The van der Waals surface area contributed by atoms with Crippen molar-refractivity contribution in [1.29, 1.82) is 0 Å². The van der Waals surface area contributed by atoms with Crippen LogP contribution in [0.25, 0.3) is 0 Å². The van der Waals surface area contributed by atoms with E-state index in [4.69, 9.17) is 4.74 Å². The largest absolute Gasteiger partial charge is 0.461 e. The summed E-state index contributed by atoms with van der Waals surface area (Å²) in [5.41, 5.74) is 0.512. The van der Waals surface area contributed by atoms with Crippen LogP contribution in [0.1, 0.15) is 73.6 Å². The van der Waals surface area contributed by atoms with Crippen LogP contribution in [0.4, 0.5) is 0 Å². The van der Waals surface area contributed by atoms with Crippen molar-refractivity contribution >= 4 is 17.5 Å². The highest BCUT2D eigenvalue weighted by atomic mass is 16.5. The molecule has 0 spiro atoms. The second kappa shape index (κ2) is 6.90. The lowest BCUT2D eigenvalue weighted by atomic mass is 9.47. The van der Waals surface area contributed by atoms with Crippen LogP contribution >= 0.6 is 0 Å². The number of hydrogen-bond acceptors (Lipinski definition) is 4. The number of Topliss-reactive ketones (excluding diaryl/α,β-unsaturated/α-hetero) is 1. The summed E-state index contributed by atoms with van der Waals surface area (Å²) in [6.45, 7) is 11.8. The van der Waals surface area contributed by atoms with Gasteiger partial charge < -0.3 is 4.74 Å². The number of fused-ring (bicyclic) bond motifs is 5. The first kappa shape index (κ1) is 21.5. The van der Waals surface area contributed by atoms with Crippen molar-refractivity contribution < 1.29 is 19.1 Å². The van der Waals surface area contributed by atoms with Crippen molar-refractivity contribution in [3.8, 4) is 0 Å². The van der Waals surface area contributed by atoms with Crippen LogP contribution in [-0.4, -0.2) is 23.6 Å². The number of ketones is 2. The van der Waals surface area contributed by atoms with Crippen molar-refractivity contribution in [2.75, 3.05) is 0 Å². The number of carbonyl (C=O) groups excluding carboxylic acids is 3. The van der Waals surface area contributed by atoms with Crippen molar-refractivity contribution in [2.45, 2.75) is 79.8 Å². The third kappa shape index (κ3) is 3.13. The number of allylic oxidation sites excluding steroid dienone is 4. The smallest absolute Gasteiger partial charge is 0.311 e. The van der Waals surface area contributed by atoms with Gasteiger partial charge in [-0.15, -0.1) is 0 Å². The predicted octanol–water partition coefficient (Wildman–Crippen LogP) is 5.07. The summed E-state index contributed by atoms with van der Waals surface area (Å²) in [5.74, 6) is 1.15. The number of rotatable bonds is 2. The Labute approximate surface area is 180 Å². The molecule has 164 valence electrons. The van der Waals surface area contributed by atoms with Crippen molar-refractivity contribution in [3.05, 3.63) is 23.8 Å². The molecule has 0 aromatic heterocycles. The van der Waals surface area contributed by atoms with Gasteiger partial charge in [0.15, 0.2) is 5.78 Å². The van der Waals surface area contributed by atoms with Crippen LogP contribution in [0.3, 0.4) is 0 Å². The van der Waals surface area contributed by atoms with Gasteiger partial charge in [-0.1, -0.05) is 25.5 Å². The lowest BCUT2D eigenvalue weighted by Gasteiger charge is -2.56. The standard InChI is InChI=1S/C26H36O4/c1-15(27)22-21(30-23(29)24(2,3)4)14-20-18-8-7-16-13-17(28)9-11-25(16,5)19(18)10-12-26(20,22)6/h9,11,13,18-22H,7-8,10,12,14H2,1-6H3/t18-,19+,20+,21+,22+,25+,26+/m1/s1. The van der Waals surface area contributed by atoms with Gasteiger partial charge in [0.1, 0.15) is 11.9 Å². The summed E-state index contributed by atoms with van der Waals surface area (Å²) in [6.07, 6.45) is 10.2. The highest BCUT2D eigenvalue weighted by Crippen LogP contribution is 2.66. The quantitative estimate of drug-likeness (QED) is 0.594. The van der Waals surface area contributed by atoms with E-state index in [1.165, 1.54) is 5.57 Å². The van der Waals surface area contributed by atoms with Gasteiger partial charge in [-0.25, -0.2) is 0 Å². The first-order valence-corrected chi connectivity index (χ1v) is 11.5.